The summed E-state index contributed by atoms with van der Waals surface area (Å²) in [5, 5.41) is 6.60. The first-order valence-electron chi connectivity index (χ1n) is 8.70. The number of nitrogens with zero attached hydrogens (tertiary/aromatic N) is 2. The number of nitrogens with one attached hydrogen (secondary N) is 2. The number of benzene rings is 2. The van der Waals surface area contributed by atoms with Gasteiger partial charge in [-0.2, -0.15) is 4.98 Å². The number of hydrogen-bond donors (Lipinski definition) is 2. The van der Waals surface area contributed by atoms with Crippen LogP contribution in [0.15, 0.2) is 48.5 Å². The highest BCUT2D eigenvalue weighted by Crippen LogP contribution is 2.28. The van der Waals surface area contributed by atoms with E-state index in [-0.39, 0.29) is 0 Å². The van der Waals surface area contributed by atoms with E-state index in [1.807, 2.05) is 38.1 Å². The molecule has 0 fully saturated rings. The van der Waals surface area contributed by atoms with Crippen LogP contribution in [-0.4, -0.2) is 17.1 Å². The van der Waals surface area contributed by atoms with Crippen LogP contribution < -0.4 is 15.4 Å². The molecular weight excluding hydrogens is 324 g/mol. The molecule has 1 heterocycles. The van der Waals surface area contributed by atoms with Crippen LogP contribution in [0.5, 0.6) is 5.75 Å². The van der Waals surface area contributed by atoms with Crippen molar-refractivity contribution in [2.24, 2.45) is 0 Å². The normalized spacial score (nSPS) is 10.5. The lowest BCUT2D eigenvalue weighted by Crippen LogP contribution is -2.03. The summed E-state index contributed by atoms with van der Waals surface area (Å²) < 4.78 is 5.42. The number of anilines is 4. The average Bonchev–Trinajstić information content (AvgIpc) is 2.62. The molecule has 0 aliphatic carbocycles. The molecule has 0 saturated heterocycles. The second-order valence-corrected chi connectivity index (χ2v) is 6.22. The smallest absolute Gasteiger partial charge is 0.229 e. The minimum absolute atomic E-state index is 0.529. The summed E-state index contributed by atoms with van der Waals surface area (Å²) in [6.07, 6.45) is 1.03. The van der Waals surface area contributed by atoms with Crippen LogP contribution in [0.2, 0.25) is 0 Å². The Kier molecular flexibility index (Phi) is 5.37. The quantitative estimate of drug-likeness (QED) is 0.645. The van der Waals surface area contributed by atoms with Gasteiger partial charge in [0.05, 0.1) is 12.8 Å². The van der Waals surface area contributed by atoms with Gasteiger partial charge in [0.2, 0.25) is 5.95 Å². The summed E-state index contributed by atoms with van der Waals surface area (Å²) in [6.45, 7) is 6.13. The molecule has 0 spiro atoms. The van der Waals surface area contributed by atoms with Crippen LogP contribution in [0.1, 0.15) is 23.7 Å². The van der Waals surface area contributed by atoms with Gasteiger partial charge in [0.25, 0.3) is 0 Å². The van der Waals surface area contributed by atoms with E-state index in [0.29, 0.717) is 5.95 Å². The molecule has 2 N–H and O–H groups in total. The molecule has 2 aromatic carbocycles. The number of hydrogen-bond acceptors (Lipinski definition) is 5. The van der Waals surface area contributed by atoms with E-state index < -0.39 is 0 Å². The minimum Gasteiger partial charge on any atom is -0.495 e. The van der Waals surface area contributed by atoms with Crippen molar-refractivity contribution in [2.75, 3.05) is 17.7 Å². The van der Waals surface area contributed by atoms with E-state index >= 15 is 0 Å². The second-order valence-electron chi connectivity index (χ2n) is 6.22. The maximum atomic E-state index is 5.42. The number of ether oxygens (including phenoxy) is 1. The van der Waals surface area contributed by atoms with Gasteiger partial charge in [0.15, 0.2) is 0 Å². The molecule has 0 unspecified atom stereocenters. The molecule has 0 aliphatic heterocycles. The minimum atomic E-state index is 0.529. The fraction of sp³-hybridized carbons (Fsp3) is 0.238. The third kappa shape index (κ3) is 4.30. The number of methoxy groups -OCH3 is 1. The van der Waals surface area contributed by atoms with Gasteiger partial charge < -0.3 is 15.4 Å². The summed E-state index contributed by atoms with van der Waals surface area (Å²) in [4.78, 5) is 9.07. The lowest BCUT2D eigenvalue weighted by atomic mass is 10.1. The van der Waals surface area contributed by atoms with Crippen molar-refractivity contribution in [1.82, 2.24) is 9.97 Å². The van der Waals surface area contributed by atoms with E-state index in [9.17, 15) is 0 Å². The highest BCUT2D eigenvalue weighted by molar-refractivity contribution is 5.65. The summed E-state index contributed by atoms with van der Waals surface area (Å²) in [5.74, 6) is 2.03. The Morgan fingerprint density at radius 1 is 0.923 bits per heavy atom. The second kappa shape index (κ2) is 7.87. The van der Waals surface area contributed by atoms with Gasteiger partial charge in [0, 0.05) is 17.4 Å². The molecule has 3 aromatic rings. The van der Waals surface area contributed by atoms with Crippen molar-refractivity contribution in [1.29, 1.82) is 0 Å². The van der Waals surface area contributed by atoms with Crippen LogP contribution in [-0.2, 0) is 6.42 Å². The molecule has 3 rings (SSSR count). The van der Waals surface area contributed by atoms with Crippen molar-refractivity contribution >= 4 is 23.1 Å². The zero-order valence-corrected chi connectivity index (χ0v) is 15.6. The van der Waals surface area contributed by atoms with Gasteiger partial charge in [0.1, 0.15) is 11.6 Å². The molecule has 0 saturated carbocycles. The SMILES string of the molecule is CCc1ccc(Nc2cc(C)nc(Nc3cc(C)ccc3OC)n2)cc1. The third-order valence-corrected chi connectivity index (χ3v) is 4.09. The van der Waals surface area contributed by atoms with Crippen molar-refractivity contribution < 1.29 is 4.74 Å². The fourth-order valence-corrected chi connectivity index (χ4v) is 2.70. The molecule has 1 aromatic heterocycles. The highest BCUT2D eigenvalue weighted by Gasteiger charge is 2.08. The van der Waals surface area contributed by atoms with Crippen LogP contribution in [0.25, 0.3) is 0 Å². The topological polar surface area (TPSA) is 59.1 Å². The number of rotatable bonds is 6. The maximum Gasteiger partial charge on any atom is 0.229 e. The fourth-order valence-electron chi connectivity index (χ4n) is 2.70. The Labute approximate surface area is 154 Å². The summed E-state index contributed by atoms with van der Waals surface area (Å²) in [6, 6.07) is 16.2. The maximum absolute atomic E-state index is 5.42. The van der Waals surface area contributed by atoms with Crippen LogP contribution in [0, 0.1) is 13.8 Å². The van der Waals surface area contributed by atoms with E-state index in [0.717, 1.165) is 40.6 Å². The molecule has 0 amide bonds. The largest absolute Gasteiger partial charge is 0.495 e. The van der Waals surface area contributed by atoms with E-state index in [2.05, 4.69) is 51.8 Å². The lowest BCUT2D eigenvalue weighted by molar-refractivity contribution is 0.416. The molecule has 26 heavy (non-hydrogen) atoms. The Bertz CT molecular complexity index is 891. The van der Waals surface area contributed by atoms with Crippen LogP contribution >= 0.6 is 0 Å². The van der Waals surface area contributed by atoms with Gasteiger partial charge in [-0.15, -0.1) is 0 Å². The van der Waals surface area contributed by atoms with Gasteiger partial charge in [-0.25, -0.2) is 4.98 Å². The molecule has 134 valence electrons. The summed E-state index contributed by atoms with van der Waals surface area (Å²) in [7, 11) is 1.65. The van der Waals surface area contributed by atoms with Crippen molar-refractivity contribution in [3.63, 3.8) is 0 Å². The summed E-state index contributed by atoms with van der Waals surface area (Å²) in [5.41, 5.74) is 5.16. The van der Waals surface area contributed by atoms with Crippen molar-refractivity contribution in [3.8, 4) is 5.75 Å². The monoisotopic (exact) mass is 348 g/mol. The molecule has 0 atom stereocenters. The predicted octanol–water partition coefficient (Wildman–Crippen LogP) is 5.15. The van der Waals surface area contributed by atoms with Gasteiger partial charge in [-0.05, 0) is 55.7 Å². The van der Waals surface area contributed by atoms with E-state index in [1.54, 1.807) is 7.11 Å². The first kappa shape index (κ1) is 17.7. The zero-order chi connectivity index (χ0) is 18.5. The predicted molar refractivity (Wildman–Crippen MR) is 107 cm³/mol. The first-order valence-corrected chi connectivity index (χ1v) is 8.70. The Hall–Kier alpha value is -3.08. The van der Waals surface area contributed by atoms with Gasteiger partial charge in [-0.3, -0.25) is 0 Å². The lowest BCUT2D eigenvalue weighted by Gasteiger charge is -2.13. The molecule has 0 bridgehead atoms. The van der Waals surface area contributed by atoms with Crippen molar-refractivity contribution in [2.45, 2.75) is 27.2 Å². The van der Waals surface area contributed by atoms with E-state index in [1.165, 1.54) is 5.56 Å². The molecule has 5 heteroatoms. The molecule has 5 nitrogen and oxygen atoms in total. The van der Waals surface area contributed by atoms with Gasteiger partial charge >= 0.3 is 0 Å². The van der Waals surface area contributed by atoms with E-state index in [4.69, 9.17) is 4.74 Å². The van der Waals surface area contributed by atoms with Gasteiger partial charge in [-0.1, -0.05) is 25.1 Å². The van der Waals surface area contributed by atoms with Crippen molar-refractivity contribution in [3.05, 3.63) is 65.4 Å². The number of aromatic nitrogens is 2. The third-order valence-electron chi connectivity index (χ3n) is 4.09. The summed E-state index contributed by atoms with van der Waals surface area (Å²) >= 11 is 0. The molecule has 0 aliphatic rings. The van der Waals surface area contributed by atoms with Crippen LogP contribution in [0.4, 0.5) is 23.1 Å². The highest BCUT2D eigenvalue weighted by atomic mass is 16.5. The molecule has 0 radical (unpaired) electrons. The number of aryl methyl sites for hydroxylation is 3. The zero-order valence-electron chi connectivity index (χ0n) is 15.6. The van der Waals surface area contributed by atoms with Crippen LogP contribution in [0.3, 0.4) is 0 Å². The first-order chi connectivity index (χ1) is 12.6. The average molecular weight is 348 g/mol. The standard InChI is InChI=1S/C21H24N4O/c1-5-16-7-9-17(10-8-16)23-20-13-15(3)22-21(25-20)24-18-12-14(2)6-11-19(18)26-4/h6-13H,5H2,1-4H3,(H2,22,23,24,25). The Morgan fingerprint density at radius 3 is 2.38 bits per heavy atom. The Morgan fingerprint density at radius 2 is 1.69 bits per heavy atom. The Balaban J connectivity index is 1.84. The molecular formula is C21H24N4O.